The molecule has 5 nitrogen and oxygen atoms in total. The SMILES string of the molecule is COc1ccc2cc(CN(C)C(=O)COC(=O)C[C@@H]3C[C@H]4CC[C@@H]3C4)ccc2c1. The number of carbonyl (C=O) groups excluding carboxylic acids is 2. The molecule has 2 aromatic carbocycles. The molecule has 0 N–H and O–H groups in total. The van der Waals surface area contributed by atoms with E-state index < -0.39 is 0 Å². The number of carbonyl (C=O) groups is 2. The van der Waals surface area contributed by atoms with E-state index in [1.165, 1.54) is 19.3 Å². The Morgan fingerprint density at radius 2 is 1.86 bits per heavy atom. The summed E-state index contributed by atoms with van der Waals surface area (Å²) >= 11 is 0. The van der Waals surface area contributed by atoms with Crippen molar-refractivity contribution in [3.05, 3.63) is 42.0 Å². The number of fused-ring (bicyclic) bond motifs is 3. The van der Waals surface area contributed by atoms with Crippen molar-refractivity contribution < 1.29 is 19.1 Å². The van der Waals surface area contributed by atoms with Crippen molar-refractivity contribution in [2.24, 2.45) is 17.8 Å². The first-order chi connectivity index (χ1) is 14.0. The summed E-state index contributed by atoms with van der Waals surface area (Å²) in [6.45, 7) is 0.297. The Morgan fingerprint density at radius 1 is 1.07 bits per heavy atom. The molecule has 2 aromatic rings. The van der Waals surface area contributed by atoms with Gasteiger partial charge in [0.2, 0.25) is 0 Å². The van der Waals surface area contributed by atoms with Crippen LogP contribution in [-0.4, -0.2) is 37.5 Å². The highest BCUT2D eigenvalue weighted by atomic mass is 16.5. The molecule has 2 fully saturated rings. The van der Waals surface area contributed by atoms with Gasteiger partial charge in [-0.05, 0) is 71.6 Å². The van der Waals surface area contributed by atoms with Gasteiger partial charge in [-0.15, -0.1) is 0 Å². The molecule has 0 saturated heterocycles. The van der Waals surface area contributed by atoms with Gasteiger partial charge < -0.3 is 14.4 Å². The number of amides is 1. The van der Waals surface area contributed by atoms with E-state index in [0.29, 0.717) is 24.8 Å². The monoisotopic (exact) mass is 395 g/mol. The molecule has 0 unspecified atom stereocenters. The molecule has 1 amide bonds. The smallest absolute Gasteiger partial charge is 0.306 e. The number of benzene rings is 2. The summed E-state index contributed by atoms with van der Waals surface area (Å²) in [4.78, 5) is 26.2. The van der Waals surface area contributed by atoms with Crippen LogP contribution in [0.5, 0.6) is 5.75 Å². The number of methoxy groups -OCH3 is 1. The van der Waals surface area contributed by atoms with E-state index in [2.05, 4.69) is 6.07 Å². The van der Waals surface area contributed by atoms with Crippen LogP contribution in [0, 0.1) is 17.8 Å². The third-order valence-electron chi connectivity index (χ3n) is 6.63. The number of hydrogen-bond donors (Lipinski definition) is 0. The Hall–Kier alpha value is -2.56. The topological polar surface area (TPSA) is 55.8 Å². The second kappa shape index (κ2) is 8.44. The molecule has 0 heterocycles. The minimum Gasteiger partial charge on any atom is -0.497 e. The molecule has 2 aliphatic rings. The standard InChI is InChI=1S/C24H29NO4/c1-25(14-17-4-6-20-12-22(28-2)8-7-18(20)11-17)23(26)15-29-24(27)13-21-10-16-3-5-19(21)9-16/h4,6-8,11-12,16,19,21H,3,5,9-10,13-15H2,1-2H3/t16-,19+,21-/m0/s1. The number of ether oxygens (including phenoxy) is 2. The van der Waals surface area contributed by atoms with Crippen LogP contribution in [0.3, 0.4) is 0 Å². The summed E-state index contributed by atoms with van der Waals surface area (Å²) in [6.07, 6.45) is 5.47. The maximum atomic E-state index is 12.4. The highest BCUT2D eigenvalue weighted by Crippen LogP contribution is 2.49. The summed E-state index contributed by atoms with van der Waals surface area (Å²) in [5.74, 6) is 2.38. The molecule has 2 aliphatic carbocycles. The van der Waals surface area contributed by atoms with E-state index >= 15 is 0 Å². The Bertz CT molecular complexity index is 909. The fourth-order valence-corrected chi connectivity index (χ4v) is 5.01. The average Bonchev–Trinajstić information content (AvgIpc) is 3.34. The maximum Gasteiger partial charge on any atom is 0.306 e. The van der Waals surface area contributed by atoms with Gasteiger partial charge in [-0.2, -0.15) is 0 Å². The predicted octanol–water partition coefficient (Wildman–Crippen LogP) is 4.18. The van der Waals surface area contributed by atoms with Crippen LogP contribution in [-0.2, 0) is 20.9 Å². The van der Waals surface area contributed by atoms with Gasteiger partial charge in [0.25, 0.3) is 5.91 Å². The first-order valence-corrected chi connectivity index (χ1v) is 10.5. The molecule has 0 radical (unpaired) electrons. The lowest BCUT2D eigenvalue weighted by molar-refractivity contribution is -0.152. The summed E-state index contributed by atoms with van der Waals surface area (Å²) < 4.78 is 10.5. The molecule has 2 saturated carbocycles. The van der Waals surface area contributed by atoms with E-state index in [-0.39, 0.29) is 18.5 Å². The summed E-state index contributed by atoms with van der Waals surface area (Å²) in [6, 6.07) is 12.0. The van der Waals surface area contributed by atoms with Gasteiger partial charge in [0.15, 0.2) is 6.61 Å². The van der Waals surface area contributed by atoms with Crippen molar-refractivity contribution in [1.29, 1.82) is 0 Å². The van der Waals surface area contributed by atoms with Crippen LogP contribution >= 0.6 is 0 Å². The lowest BCUT2D eigenvalue weighted by atomic mass is 9.86. The van der Waals surface area contributed by atoms with E-state index in [1.54, 1.807) is 19.1 Å². The first-order valence-electron chi connectivity index (χ1n) is 10.5. The molecule has 5 heteroatoms. The van der Waals surface area contributed by atoms with Gasteiger partial charge in [-0.1, -0.05) is 24.6 Å². The van der Waals surface area contributed by atoms with Crippen LogP contribution in [0.25, 0.3) is 10.8 Å². The van der Waals surface area contributed by atoms with Gasteiger partial charge in [-0.3, -0.25) is 9.59 Å². The lowest BCUT2D eigenvalue weighted by Crippen LogP contribution is -2.31. The fourth-order valence-electron chi connectivity index (χ4n) is 5.01. The van der Waals surface area contributed by atoms with Crippen LogP contribution < -0.4 is 4.74 Å². The molecule has 0 aromatic heterocycles. The zero-order valence-corrected chi connectivity index (χ0v) is 17.2. The Labute approximate surface area is 172 Å². The summed E-state index contributed by atoms with van der Waals surface area (Å²) in [7, 11) is 3.39. The van der Waals surface area contributed by atoms with Crippen molar-refractivity contribution in [3.63, 3.8) is 0 Å². The fraction of sp³-hybridized carbons (Fsp3) is 0.500. The highest BCUT2D eigenvalue weighted by molar-refractivity contribution is 5.85. The zero-order chi connectivity index (χ0) is 20.4. The van der Waals surface area contributed by atoms with Gasteiger partial charge in [-0.25, -0.2) is 0 Å². The molecule has 0 spiro atoms. The Kier molecular flexibility index (Phi) is 5.74. The number of nitrogens with zero attached hydrogens (tertiary/aromatic N) is 1. The first kappa shape index (κ1) is 19.7. The lowest BCUT2D eigenvalue weighted by Gasteiger charge is -2.21. The number of likely N-dealkylation sites (N-methyl/N-ethyl adjacent to an activating group) is 1. The quantitative estimate of drug-likeness (QED) is 0.660. The van der Waals surface area contributed by atoms with Gasteiger partial charge >= 0.3 is 5.97 Å². The largest absolute Gasteiger partial charge is 0.497 e. The third-order valence-corrected chi connectivity index (χ3v) is 6.63. The van der Waals surface area contributed by atoms with Gasteiger partial charge in [0, 0.05) is 20.0 Å². The number of hydrogen-bond acceptors (Lipinski definition) is 4. The number of rotatable bonds is 7. The predicted molar refractivity (Wildman–Crippen MR) is 111 cm³/mol. The molecule has 29 heavy (non-hydrogen) atoms. The maximum absolute atomic E-state index is 12.4. The summed E-state index contributed by atoms with van der Waals surface area (Å²) in [5.41, 5.74) is 1.03. The van der Waals surface area contributed by atoms with E-state index in [9.17, 15) is 9.59 Å². The second-order valence-corrected chi connectivity index (χ2v) is 8.60. The van der Waals surface area contributed by atoms with Crippen LogP contribution in [0.4, 0.5) is 0 Å². The minimum absolute atomic E-state index is 0.180. The molecule has 3 atom stereocenters. The Morgan fingerprint density at radius 3 is 2.59 bits per heavy atom. The minimum atomic E-state index is -0.232. The molecule has 4 rings (SSSR count). The molecule has 0 aliphatic heterocycles. The van der Waals surface area contributed by atoms with Gasteiger partial charge in [0.05, 0.1) is 7.11 Å². The van der Waals surface area contributed by atoms with Crippen molar-refractivity contribution in [2.45, 2.75) is 38.6 Å². The van der Waals surface area contributed by atoms with E-state index in [0.717, 1.165) is 34.4 Å². The average molecular weight is 395 g/mol. The van der Waals surface area contributed by atoms with Crippen molar-refractivity contribution in [1.82, 2.24) is 4.90 Å². The van der Waals surface area contributed by atoms with Crippen LogP contribution in [0.15, 0.2) is 36.4 Å². The zero-order valence-electron chi connectivity index (χ0n) is 17.2. The van der Waals surface area contributed by atoms with E-state index in [4.69, 9.17) is 9.47 Å². The van der Waals surface area contributed by atoms with Crippen LogP contribution in [0.2, 0.25) is 0 Å². The highest BCUT2D eigenvalue weighted by Gasteiger charge is 2.40. The molecule has 2 bridgehead atoms. The summed E-state index contributed by atoms with van der Waals surface area (Å²) in [5, 5.41) is 2.19. The van der Waals surface area contributed by atoms with Crippen molar-refractivity contribution >= 4 is 22.6 Å². The van der Waals surface area contributed by atoms with Gasteiger partial charge in [0.1, 0.15) is 5.75 Å². The third kappa shape index (κ3) is 4.55. The molecular weight excluding hydrogens is 366 g/mol. The van der Waals surface area contributed by atoms with Crippen molar-refractivity contribution in [2.75, 3.05) is 20.8 Å². The number of esters is 1. The molecular formula is C24H29NO4. The normalized spacial score (nSPS) is 22.6. The second-order valence-electron chi connectivity index (χ2n) is 8.60. The Balaban J connectivity index is 1.26. The van der Waals surface area contributed by atoms with E-state index in [1.807, 2.05) is 30.3 Å². The van der Waals surface area contributed by atoms with Crippen LogP contribution in [0.1, 0.15) is 37.7 Å². The molecule has 154 valence electrons. The van der Waals surface area contributed by atoms with Crippen molar-refractivity contribution in [3.8, 4) is 5.75 Å².